The molecule has 2 nitrogen and oxygen atoms in total. The van der Waals surface area contributed by atoms with Gasteiger partial charge in [-0.25, -0.2) is 0 Å². The molecule has 0 unspecified atom stereocenters. The summed E-state index contributed by atoms with van der Waals surface area (Å²) >= 11 is 1.51. The van der Waals surface area contributed by atoms with Crippen molar-refractivity contribution in [2.45, 2.75) is 19.8 Å². The van der Waals surface area contributed by atoms with Crippen molar-refractivity contribution >= 4 is 11.5 Å². The SMILES string of the molecule is Cc1cccnc1CCc1ccsn1. The largest absolute Gasteiger partial charge is 0.261 e. The first-order valence-electron chi connectivity index (χ1n) is 4.66. The topological polar surface area (TPSA) is 25.8 Å². The van der Waals surface area contributed by atoms with Crippen molar-refractivity contribution < 1.29 is 0 Å². The summed E-state index contributed by atoms with van der Waals surface area (Å²) < 4.78 is 4.27. The van der Waals surface area contributed by atoms with Crippen LogP contribution in [0.5, 0.6) is 0 Å². The lowest BCUT2D eigenvalue weighted by Crippen LogP contribution is -1.96. The molecule has 0 bridgehead atoms. The van der Waals surface area contributed by atoms with Crippen LogP contribution in [0.2, 0.25) is 0 Å². The Morgan fingerprint density at radius 1 is 1.29 bits per heavy atom. The van der Waals surface area contributed by atoms with E-state index in [-0.39, 0.29) is 0 Å². The summed E-state index contributed by atoms with van der Waals surface area (Å²) in [5.41, 5.74) is 3.61. The molecule has 0 aromatic carbocycles. The van der Waals surface area contributed by atoms with Crippen LogP contribution in [0.15, 0.2) is 29.8 Å². The zero-order chi connectivity index (χ0) is 9.80. The highest BCUT2D eigenvalue weighted by atomic mass is 32.1. The summed E-state index contributed by atoms with van der Waals surface area (Å²) in [6.07, 6.45) is 3.82. The zero-order valence-electron chi connectivity index (χ0n) is 8.10. The fraction of sp³-hybridized carbons (Fsp3) is 0.273. The summed E-state index contributed by atoms with van der Waals surface area (Å²) in [5, 5.41) is 2.01. The predicted octanol–water partition coefficient (Wildman–Crippen LogP) is 2.63. The summed E-state index contributed by atoms with van der Waals surface area (Å²) in [4.78, 5) is 4.35. The Hall–Kier alpha value is -1.22. The Morgan fingerprint density at radius 2 is 2.21 bits per heavy atom. The molecule has 0 saturated carbocycles. The van der Waals surface area contributed by atoms with Crippen LogP contribution in [-0.2, 0) is 12.8 Å². The van der Waals surface area contributed by atoms with Crippen molar-refractivity contribution in [3.05, 3.63) is 46.7 Å². The van der Waals surface area contributed by atoms with E-state index in [9.17, 15) is 0 Å². The molecule has 2 aromatic heterocycles. The van der Waals surface area contributed by atoms with Crippen LogP contribution in [0.3, 0.4) is 0 Å². The van der Waals surface area contributed by atoms with Crippen molar-refractivity contribution in [1.29, 1.82) is 0 Å². The average Bonchev–Trinajstić information content (AvgIpc) is 2.69. The van der Waals surface area contributed by atoms with Gasteiger partial charge >= 0.3 is 0 Å². The van der Waals surface area contributed by atoms with Crippen molar-refractivity contribution in [3.63, 3.8) is 0 Å². The van der Waals surface area contributed by atoms with Gasteiger partial charge in [-0.2, -0.15) is 4.37 Å². The molecular formula is C11H12N2S. The van der Waals surface area contributed by atoms with E-state index in [1.165, 1.54) is 28.5 Å². The standard InChI is InChI=1S/C11H12N2S/c1-9-3-2-7-12-11(9)5-4-10-6-8-14-13-10/h2-3,6-8H,4-5H2,1H3. The fourth-order valence-electron chi connectivity index (χ4n) is 1.39. The number of hydrogen-bond donors (Lipinski definition) is 0. The molecule has 0 atom stereocenters. The predicted molar refractivity (Wildman–Crippen MR) is 58.5 cm³/mol. The maximum Gasteiger partial charge on any atom is 0.0546 e. The average molecular weight is 204 g/mol. The molecule has 0 radical (unpaired) electrons. The first kappa shape index (κ1) is 9.34. The minimum atomic E-state index is 0.983. The second-order valence-corrected chi connectivity index (χ2v) is 3.92. The van der Waals surface area contributed by atoms with Gasteiger partial charge in [0.05, 0.1) is 5.69 Å². The van der Waals surface area contributed by atoms with Gasteiger partial charge in [0.1, 0.15) is 0 Å². The van der Waals surface area contributed by atoms with Crippen LogP contribution in [0.25, 0.3) is 0 Å². The lowest BCUT2D eigenvalue weighted by atomic mass is 10.1. The summed E-state index contributed by atoms with van der Waals surface area (Å²) in [5.74, 6) is 0. The molecule has 0 N–H and O–H groups in total. The van der Waals surface area contributed by atoms with E-state index in [1.807, 2.05) is 17.6 Å². The van der Waals surface area contributed by atoms with Crippen molar-refractivity contribution in [2.75, 3.05) is 0 Å². The van der Waals surface area contributed by atoms with Gasteiger partial charge in [0.15, 0.2) is 0 Å². The maximum atomic E-state index is 4.35. The second kappa shape index (κ2) is 4.33. The molecule has 0 saturated heterocycles. The lowest BCUT2D eigenvalue weighted by molar-refractivity contribution is 0.884. The highest BCUT2D eigenvalue weighted by molar-refractivity contribution is 7.03. The number of aromatic nitrogens is 2. The highest BCUT2D eigenvalue weighted by Gasteiger charge is 2.00. The smallest absolute Gasteiger partial charge is 0.0546 e. The third-order valence-corrected chi connectivity index (χ3v) is 2.82. The van der Waals surface area contributed by atoms with Gasteiger partial charge in [-0.05, 0) is 49.0 Å². The Kier molecular flexibility index (Phi) is 2.89. The van der Waals surface area contributed by atoms with E-state index in [1.54, 1.807) is 0 Å². The number of rotatable bonds is 3. The van der Waals surface area contributed by atoms with E-state index in [0.717, 1.165) is 12.8 Å². The van der Waals surface area contributed by atoms with Gasteiger partial charge in [0.25, 0.3) is 0 Å². The van der Waals surface area contributed by atoms with E-state index in [4.69, 9.17) is 0 Å². The molecule has 0 aliphatic rings. The summed E-state index contributed by atoms with van der Waals surface area (Å²) in [6, 6.07) is 6.15. The van der Waals surface area contributed by atoms with Crippen LogP contribution in [-0.4, -0.2) is 9.36 Å². The van der Waals surface area contributed by atoms with Gasteiger partial charge < -0.3 is 0 Å². The normalized spacial score (nSPS) is 10.4. The first-order valence-corrected chi connectivity index (χ1v) is 5.49. The van der Waals surface area contributed by atoms with E-state index >= 15 is 0 Å². The molecule has 14 heavy (non-hydrogen) atoms. The van der Waals surface area contributed by atoms with Crippen LogP contribution < -0.4 is 0 Å². The molecule has 72 valence electrons. The molecule has 0 spiro atoms. The monoisotopic (exact) mass is 204 g/mol. The third-order valence-electron chi connectivity index (χ3n) is 2.23. The molecule has 2 rings (SSSR count). The number of aryl methyl sites for hydroxylation is 3. The Balaban J connectivity index is 2.02. The van der Waals surface area contributed by atoms with Crippen molar-refractivity contribution in [1.82, 2.24) is 9.36 Å². The number of hydrogen-bond acceptors (Lipinski definition) is 3. The van der Waals surface area contributed by atoms with Gasteiger partial charge in [-0.3, -0.25) is 4.98 Å². The van der Waals surface area contributed by atoms with Gasteiger partial charge in [-0.1, -0.05) is 6.07 Å². The van der Waals surface area contributed by atoms with Crippen LogP contribution >= 0.6 is 11.5 Å². The second-order valence-electron chi connectivity index (χ2n) is 3.26. The fourth-order valence-corrected chi connectivity index (χ4v) is 1.96. The molecule has 0 fully saturated rings. The number of nitrogens with zero attached hydrogens (tertiary/aromatic N) is 2. The molecule has 0 amide bonds. The first-order chi connectivity index (χ1) is 6.86. The Morgan fingerprint density at radius 3 is 2.93 bits per heavy atom. The highest BCUT2D eigenvalue weighted by Crippen LogP contribution is 2.08. The summed E-state index contributed by atoms with van der Waals surface area (Å²) in [7, 11) is 0. The third kappa shape index (κ3) is 2.17. The van der Waals surface area contributed by atoms with Crippen molar-refractivity contribution in [3.8, 4) is 0 Å². The molecule has 2 heterocycles. The van der Waals surface area contributed by atoms with Gasteiger partial charge in [0.2, 0.25) is 0 Å². The van der Waals surface area contributed by atoms with E-state index in [2.05, 4.69) is 28.4 Å². The van der Waals surface area contributed by atoms with Crippen LogP contribution in [0.4, 0.5) is 0 Å². The molecule has 0 aliphatic heterocycles. The molecule has 0 aliphatic carbocycles. The minimum Gasteiger partial charge on any atom is -0.261 e. The molecule has 3 heteroatoms. The summed E-state index contributed by atoms with van der Waals surface area (Å²) in [6.45, 7) is 2.10. The Labute approximate surface area is 87.8 Å². The quantitative estimate of drug-likeness (QED) is 0.768. The number of pyridine rings is 1. The van der Waals surface area contributed by atoms with Crippen LogP contribution in [0.1, 0.15) is 17.0 Å². The molecular weight excluding hydrogens is 192 g/mol. The van der Waals surface area contributed by atoms with E-state index < -0.39 is 0 Å². The van der Waals surface area contributed by atoms with Gasteiger partial charge in [0, 0.05) is 17.3 Å². The zero-order valence-corrected chi connectivity index (χ0v) is 8.92. The Bertz CT molecular complexity index is 395. The maximum absolute atomic E-state index is 4.35. The van der Waals surface area contributed by atoms with Crippen LogP contribution in [0, 0.1) is 6.92 Å². The van der Waals surface area contributed by atoms with Gasteiger partial charge in [-0.15, -0.1) is 0 Å². The van der Waals surface area contributed by atoms with E-state index in [0.29, 0.717) is 0 Å². The molecule has 2 aromatic rings. The van der Waals surface area contributed by atoms with Crippen molar-refractivity contribution in [2.24, 2.45) is 0 Å². The minimum absolute atomic E-state index is 0.983. The lowest BCUT2D eigenvalue weighted by Gasteiger charge is -2.01.